The summed E-state index contributed by atoms with van der Waals surface area (Å²) in [6.45, 7) is 1.49. The minimum absolute atomic E-state index is 0.270. The number of carbonyl (C=O) groups excluding carboxylic acids is 2. The van der Waals surface area contributed by atoms with Crippen LogP contribution >= 0.6 is 0 Å². The molecule has 0 unspecified atom stereocenters. The highest BCUT2D eigenvalue weighted by atomic mass is 16.5. The topological polar surface area (TPSA) is 115 Å². The number of amides is 1. The molecule has 3 aromatic heterocycles. The van der Waals surface area contributed by atoms with E-state index in [1.54, 1.807) is 24.3 Å². The fourth-order valence-corrected chi connectivity index (χ4v) is 2.64. The molecule has 0 saturated heterocycles. The van der Waals surface area contributed by atoms with Gasteiger partial charge in [0.15, 0.2) is 17.6 Å². The SMILES string of the molecule is C[C@@H](OC(=O)c1ccc(-n2cccc2)cc1)C(=O)Nc1ncnc2nc[nH]c12. The molecule has 140 valence electrons. The van der Waals surface area contributed by atoms with Crippen LogP contribution in [0.4, 0.5) is 5.82 Å². The van der Waals surface area contributed by atoms with Gasteiger partial charge in [0.25, 0.3) is 5.91 Å². The molecule has 0 aliphatic heterocycles. The smallest absolute Gasteiger partial charge is 0.338 e. The van der Waals surface area contributed by atoms with E-state index in [0.717, 1.165) is 5.69 Å². The third-order valence-corrected chi connectivity index (χ3v) is 4.12. The maximum absolute atomic E-state index is 12.4. The van der Waals surface area contributed by atoms with Crippen LogP contribution in [-0.2, 0) is 9.53 Å². The van der Waals surface area contributed by atoms with E-state index in [-0.39, 0.29) is 5.82 Å². The number of carbonyl (C=O) groups is 2. The number of rotatable bonds is 5. The monoisotopic (exact) mass is 376 g/mol. The van der Waals surface area contributed by atoms with Crippen molar-refractivity contribution in [2.24, 2.45) is 0 Å². The van der Waals surface area contributed by atoms with Crippen molar-refractivity contribution >= 4 is 28.9 Å². The summed E-state index contributed by atoms with van der Waals surface area (Å²) in [7, 11) is 0. The quantitative estimate of drug-likeness (QED) is 0.517. The van der Waals surface area contributed by atoms with Gasteiger partial charge >= 0.3 is 5.97 Å². The fraction of sp³-hybridized carbons (Fsp3) is 0.105. The van der Waals surface area contributed by atoms with Gasteiger partial charge in [-0.15, -0.1) is 0 Å². The number of fused-ring (bicyclic) bond motifs is 1. The first-order chi connectivity index (χ1) is 13.6. The molecule has 1 aromatic carbocycles. The predicted octanol–water partition coefficient (Wildman–Crippen LogP) is 2.33. The summed E-state index contributed by atoms with van der Waals surface area (Å²) in [6.07, 6.45) is 5.55. The van der Waals surface area contributed by atoms with Gasteiger partial charge in [0.05, 0.1) is 11.9 Å². The van der Waals surface area contributed by atoms with Gasteiger partial charge in [-0.2, -0.15) is 0 Å². The normalized spacial score (nSPS) is 11.9. The van der Waals surface area contributed by atoms with Crippen molar-refractivity contribution in [1.29, 1.82) is 0 Å². The highest BCUT2D eigenvalue weighted by Crippen LogP contribution is 2.16. The van der Waals surface area contributed by atoms with Crippen LogP contribution in [0.2, 0.25) is 0 Å². The van der Waals surface area contributed by atoms with Crippen molar-refractivity contribution in [3.05, 3.63) is 67.0 Å². The van der Waals surface area contributed by atoms with Gasteiger partial charge in [-0.25, -0.2) is 19.7 Å². The Kier molecular flexibility index (Phi) is 4.55. The van der Waals surface area contributed by atoms with Crippen molar-refractivity contribution in [2.75, 3.05) is 5.32 Å². The number of ether oxygens (including phenoxy) is 1. The molecule has 1 atom stereocenters. The van der Waals surface area contributed by atoms with E-state index in [9.17, 15) is 9.59 Å². The van der Waals surface area contributed by atoms with Crippen molar-refractivity contribution in [1.82, 2.24) is 24.5 Å². The van der Waals surface area contributed by atoms with Gasteiger partial charge < -0.3 is 19.6 Å². The summed E-state index contributed by atoms with van der Waals surface area (Å²) in [6, 6.07) is 10.7. The van der Waals surface area contributed by atoms with Crippen LogP contribution < -0.4 is 5.32 Å². The van der Waals surface area contributed by atoms with Gasteiger partial charge in [-0.05, 0) is 43.3 Å². The molecule has 9 heteroatoms. The Morgan fingerprint density at radius 2 is 1.86 bits per heavy atom. The van der Waals surface area contributed by atoms with Crippen molar-refractivity contribution < 1.29 is 14.3 Å². The van der Waals surface area contributed by atoms with Crippen molar-refractivity contribution in [2.45, 2.75) is 13.0 Å². The zero-order valence-electron chi connectivity index (χ0n) is 14.9. The van der Waals surface area contributed by atoms with E-state index in [1.807, 2.05) is 29.1 Å². The molecule has 0 aliphatic carbocycles. The van der Waals surface area contributed by atoms with Crippen LogP contribution in [0.5, 0.6) is 0 Å². The summed E-state index contributed by atoms with van der Waals surface area (Å²) in [5.41, 5.74) is 2.20. The number of aromatic nitrogens is 5. The van der Waals surface area contributed by atoms with E-state index < -0.39 is 18.0 Å². The van der Waals surface area contributed by atoms with Crippen LogP contribution in [0.3, 0.4) is 0 Å². The summed E-state index contributed by atoms with van der Waals surface area (Å²) >= 11 is 0. The first kappa shape index (κ1) is 17.4. The molecule has 0 bridgehead atoms. The summed E-state index contributed by atoms with van der Waals surface area (Å²) in [5, 5.41) is 2.61. The Hall–Kier alpha value is -4.01. The number of esters is 1. The van der Waals surface area contributed by atoms with Gasteiger partial charge in [0.2, 0.25) is 0 Å². The zero-order chi connectivity index (χ0) is 19.5. The van der Waals surface area contributed by atoms with E-state index in [1.165, 1.54) is 19.6 Å². The second-order valence-electron chi connectivity index (χ2n) is 6.00. The van der Waals surface area contributed by atoms with Crippen LogP contribution in [-0.4, -0.2) is 42.5 Å². The summed E-state index contributed by atoms with van der Waals surface area (Å²) < 4.78 is 7.19. The number of nitrogens with one attached hydrogen (secondary N) is 2. The lowest BCUT2D eigenvalue weighted by molar-refractivity contribution is -0.123. The van der Waals surface area contributed by atoms with E-state index in [0.29, 0.717) is 16.7 Å². The van der Waals surface area contributed by atoms with Crippen LogP contribution in [0, 0.1) is 0 Å². The van der Waals surface area contributed by atoms with Crippen LogP contribution in [0.15, 0.2) is 61.4 Å². The van der Waals surface area contributed by atoms with Crippen LogP contribution in [0.25, 0.3) is 16.9 Å². The first-order valence-electron chi connectivity index (χ1n) is 8.51. The minimum atomic E-state index is -1.01. The predicted molar refractivity (Wildman–Crippen MR) is 101 cm³/mol. The standard InChI is InChI=1S/C19H16N6O3/c1-12(18(26)24-17-15-16(21-10-20-15)22-11-23-17)28-19(27)13-4-6-14(7-5-13)25-8-2-3-9-25/h2-12H,1H3,(H2,20,21,22,23,24,26)/t12-/m1/s1. The lowest BCUT2D eigenvalue weighted by Gasteiger charge is -2.13. The Balaban J connectivity index is 1.41. The lowest BCUT2D eigenvalue weighted by Crippen LogP contribution is -2.30. The Bertz CT molecular complexity index is 1120. The molecule has 28 heavy (non-hydrogen) atoms. The average molecular weight is 376 g/mol. The van der Waals surface area contributed by atoms with Crippen LogP contribution in [0.1, 0.15) is 17.3 Å². The van der Waals surface area contributed by atoms with Crippen molar-refractivity contribution in [3.63, 3.8) is 0 Å². The Morgan fingerprint density at radius 3 is 2.61 bits per heavy atom. The van der Waals surface area contributed by atoms with E-state index >= 15 is 0 Å². The molecule has 0 saturated carbocycles. The largest absolute Gasteiger partial charge is 0.449 e. The zero-order valence-corrected chi connectivity index (χ0v) is 14.9. The molecular formula is C19H16N6O3. The average Bonchev–Trinajstić information content (AvgIpc) is 3.40. The second kappa shape index (κ2) is 7.31. The third-order valence-electron chi connectivity index (χ3n) is 4.12. The lowest BCUT2D eigenvalue weighted by atomic mass is 10.2. The summed E-state index contributed by atoms with van der Waals surface area (Å²) in [5.74, 6) is -0.825. The highest BCUT2D eigenvalue weighted by Gasteiger charge is 2.20. The van der Waals surface area contributed by atoms with Gasteiger partial charge in [-0.1, -0.05) is 0 Å². The van der Waals surface area contributed by atoms with E-state index in [4.69, 9.17) is 4.74 Å². The molecule has 4 aromatic rings. The fourth-order valence-electron chi connectivity index (χ4n) is 2.64. The maximum atomic E-state index is 12.4. The van der Waals surface area contributed by atoms with Crippen molar-refractivity contribution in [3.8, 4) is 5.69 Å². The molecular weight excluding hydrogens is 360 g/mol. The number of benzene rings is 1. The molecule has 0 spiro atoms. The van der Waals surface area contributed by atoms with E-state index in [2.05, 4.69) is 25.3 Å². The number of anilines is 1. The minimum Gasteiger partial charge on any atom is -0.449 e. The molecule has 0 fully saturated rings. The maximum Gasteiger partial charge on any atom is 0.338 e. The first-order valence-corrected chi connectivity index (χ1v) is 8.51. The Labute approximate surface area is 159 Å². The number of hydrogen-bond acceptors (Lipinski definition) is 6. The third kappa shape index (κ3) is 3.45. The number of hydrogen-bond donors (Lipinski definition) is 2. The Morgan fingerprint density at radius 1 is 1.11 bits per heavy atom. The van der Waals surface area contributed by atoms with Gasteiger partial charge in [0.1, 0.15) is 11.8 Å². The number of H-pyrrole nitrogens is 1. The molecule has 3 heterocycles. The molecule has 0 radical (unpaired) electrons. The highest BCUT2D eigenvalue weighted by molar-refractivity contribution is 6.00. The number of imidazole rings is 1. The number of aromatic amines is 1. The molecule has 9 nitrogen and oxygen atoms in total. The summed E-state index contributed by atoms with van der Waals surface area (Å²) in [4.78, 5) is 39.5. The number of nitrogens with zero attached hydrogens (tertiary/aromatic N) is 4. The molecule has 0 aliphatic rings. The molecule has 1 amide bonds. The van der Waals surface area contributed by atoms with Gasteiger partial charge in [-0.3, -0.25) is 4.79 Å². The second-order valence-corrected chi connectivity index (χ2v) is 6.00. The molecule has 4 rings (SSSR count). The van der Waals surface area contributed by atoms with Gasteiger partial charge in [0, 0.05) is 18.1 Å². The molecule has 2 N–H and O–H groups in total.